The van der Waals surface area contributed by atoms with Crippen LogP contribution in [0.1, 0.15) is 10.5 Å². The Balaban J connectivity index is 1.33. The lowest BCUT2D eigenvalue weighted by Crippen LogP contribution is -2.12. The van der Waals surface area contributed by atoms with E-state index < -0.39 is 0 Å². The van der Waals surface area contributed by atoms with Crippen LogP contribution in [-0.4, -0.2) is 22.7 Å². The monoisotopic (exact) mass is 390 g/mol. The number of nitrogens with one attached hydrogen (secondary N) is 2. The molecule has 7 nitrogen and oxygen atoms in total. The second-order valence-corrected chi connectivity index (χ2v) is 6.92. The first kappa shape index (κ1) is 16.5. The van der Waals surface area contributed by atoms with Crippen LogP contribution < -0.4 is 20.1 Å². The van der Waals surface area contributed by atoms with Crippen LogP contribution >= 0.6 is 11.3 Å². The fraction of sp³-hybridized carbons (Fsp3) is 0.0500. The Bertz CT molecular complexity index is 1190. The Morgan fingerprint density at radius 3 is 2.93 bits per heavy atom. The molecule has 0 saturated heterocycles. The van der Waals surface area contributed by atoms with Crippen molar-refractivity contribution in [2.24, 2.45) is 0 Å². The molecule has 0 spiro atoms. The van der Waals surface area contributed by atoms with E-state index in [1.165, 1.54) is 11.3 Å². The van der Waals surface area contributed by atoms with E-state index in [0.717, 1.165) is 10.8 Å². The summed E-state index contributed by atoms with van der Waals surface area (Å²) in [4.78, 5) is 21.3. The molecule has 0 fully saturated rings. The summed E-state index contributed by atoms with van der Waals surface area (Å²) >= 11 is 1.34. The Kier molecular flexibility index (Phi) is 4.02. The predicted octanol–water partition coefficient (Wildman–Crippen LogP) is 4.42. The molecule has 0 aliphatic carbocycles. The van der Waals surface area contributed by atoms with Gasteiger partial charge in [0.2, 0.25) is 6.79 Å². The maximum Gasteiger partial charge on any atom is 0.275 e. The first-order valence-corrected chi connectivity index (χ1v) is 9.41. The van der Waals surface area contributed by atoms with Crippen molar-refractivity contribution >= 4 is 44.7 Å². The fourth-order valence-corrected chi connectivity index (χ4v) is 3.62. The molecule has 1 aliphatic rings. The highest BCUT2D eigenvalue weighted by Crippen LogP contribution is 2.34. The van der Waals surface area contributed by atoms with Crippen molar-refractivity contribution in [3.8, 4) is 11.5 Å². The maximum atomic E-state index is 12.5. The number of amides is 1. The van der Waals surface area contributed by atoms with Gasteiger partial charge in [-0.3, -0.25) is 4.79 Å². The number of fused-ring (bicyclic) bond motifs is 2. The molecule has 28 heavy (non-hydrogen) atoms. The first-order chi connectivity index (χ1) is 13.8. The third-order valence-electron chi connectivity index (χ3n) is 4.27. The van der Waals surface area contributed by atoms with E-state index >= 15 is 0 Å². The average molecular weight is 390 g/mol. The molecule has 4 aromatic rings. The van der Waals surface area contributed by atoms with Gasteiger partial charge in [-0.15, -0.1) is 11.3 Å². The molecule has 138 valence electrons. The van der Waals surface area contributed by atoms with Crippen LogP contribution in [0.2, 0.25) is 0 Å². The van der Waals surface area contributed by atoms with E-state index in [2.05, 4.69) is 20.6 Å². The van der Waals surface area contributed by atoms with Gasteiger partial charge in [0, 0.05) is 28.7 Å². The van der Waals surface area contributed by atoms with E-state index in [9.17, 15) is 4.79 Å². The topological polar surface area (TPSA) is 85.4 Å². The lowest BCUT2D eigenvalue weighted by atomic mass is 10.2. The molecule has 2 aromatic heterocycles. The summed E-state index contributed by atoms with van der Waals surface area (Å²) in [6.07, 6.45) is 1.74. The van der Waals surface area contributed by atoms with E-state index in [1.54, 1.807) is 29.8 Å². The third-order valence-corrected chi connectivity index (χ3v) is 5.02. The molecular formula is C20H14N4O3S. The number of ether oxygens (including phenoxy) is 2. The number of anilines is 3. The van der Waals surface area contributed by atoms with Crippen molar-refractivity contribution in [3.05, 3.63) is 65.8 Å². The smallest absolute Gasteiger partial charge is 0.275 e. The number of nitrogens with zero attached hydrogens (tertiary/aromatic N) is 2. The van der Waals surface area contributed by atoms with Gasteiger partial charge >= 0.3 is 0 Å². The molecule has 1 amide bonds. The molecule has 1 aliphatic heterocycles. The summed E-state index contributed by atoms with van der Waals surface area (Å²) in [7, 11) is 0. The summed E-state index contributed by atoms with van der Waals surface area (Å²) in [5.74, 6) is 1.69. The minimum atomic E-state index is -0.297. The Hall–Kier alpha value is -3.65. The summed E-state index contributed by atoms with van der Waals surface area (Å²) in [5, 5.41) is 10.4. The number of aromatic nitrogens is 2. The number of hydrogen-bond acceptors (Lipinski definition) is 7. The van der Waals surface area contributed by atoms with Crippen molar-refractivity contribution in [2.45, 2.75) is 0 Å². The van der Waals surface area contributed by atoms with Crippen molar-refractivity contribution < 1.29 is 14.3 Å². The number of pyridine rings is 1. The molecular weight excluding hydrogens is 376 g/mol. The quantitative estimate of drug-likeness (QED) is 0.537. The second kappa shape index (κ2) is 6.82. The number of thiazole rings is 1. The van der Waals surface area contributed by atoms with Crippen LogP contribution in [0, 0.1) is 0 Å². The van der Waals surface area contributed by atoms with Crippen LogP contribution in [-0.2, 0) is 0 Å². The van der Waals surface area contributed by atoms with Gasteiger partial charge in [0.25, 0.3) is 5.91 Å². The van der Waals surface area contributed by atoms with Gasteiger partial charge in [-0.25, -0.2) is 9.97 Å². The summed E-state index contributed by atoms with van der Waals surface area (Å²) in [5.41, 5.74) is 0.942. The summed E-state index contributed by atoms with van der Waals surface area (Å²) in [6.45, 7) is 0.191. The summed E-state index contributed by atoms with van der Waals surface area (Å²) in [6, 6.07) is 15.2. The molecule has 0 atom stereocenters. The van der Waals surface area contributed by atoms with Crippen LogP contribution in [0.5, 0.6) is 11.5 Å². The van der Waals surface area contributed by atoms with Gasteiger partial charge < -0.3 is 20.1 Å². The van der Waals surface area contributed by atoms with Gasteiger partial charge in [0.1, 0.15) is 11.5 Å². The second-order valence-electron chi connectivity index (χ2n) is 6.07. The zero-order valence-corrected chi connectivity index (χ0v) is 15.3. The molecule has 0 radical (unpaired) electrons. The first-order valence-electron chi connectivity index (χ1n) is 8.53. The van der Waals surface area contributed by atoms with E-state index in [4.69, 9.17) is 9.47 Å². The highest BCUT2D eigenvalue weighted by atomic mass is 32.1. The Morgan fingerprint density at radius 1 is 1.07 bits per heavy atom. The SMILES string of the molecule is O=C(Nc1ccc2c(c1)OCO2)c1csc(Nc2nccc3ccccc23)n1. The lowest BCUT2D eigenvalue weighted by molar-refractivity contribution is 0.102. The van der Waals surface area contributed by atoms with Gasteiger partial charge in [0.15, 0.2) is 16.6 Å². The highest BCUT2D eigenvalue weighted by Gasteiger charge is 2.16. The molecule has 2 N–H and O–H groups in total. The summed E-state index contributed by atoms with van der Waals surface area (Å²) < 4.78 is 10.6. The highest BCUT2D eigenvalue weighted by molar-refractivity contribution is 7.14. The van der Waals surface area contributed by atoms with Crippen molar-refractivity contribution in [1.29, 1.82) is 0 Å². The van der Waals surface area contributed by atoms with E-state index in [-0.39, 0.29) is 12.7 Å². The fourth-order valence-electron chi connectivity index (χ4n) is 2.93. The maximum absolute atomic E-state index is 12.5. The zero-order valence-electron chi connectivity index (χ0n) is 14.5. The van der Waals surface area contributed by atoms with Gasteiger partial charge in [0.05, 0.1) is 0 Å². The van der Waals surface area contributed by atoms with Crippen LogP contribution in [0.15, 0.2) is 60.1 Å². The molecule has 0 bridgehead atoms. The van der Waals surface area contributed by atoms with Gasteiger partial charge in [-0.2, -0.15) is 0 Å². The third kappa shape index (κ3) is 3.10. The predicted molar refractivity (Wildman–Crippen MR) is 108 cm³/mol. The van der Waals surface area contributed by atoms with Crippen molar-refractivity contribution in [1.82, 2.24) is 9.97 Å². The normalized spacial score (nSPS) is 12.1. The number of carbonyl (C=O) groups is 1. The largest absolute Gasteiger partial charge is 0.454 e. The van der Waals surface area contributed by atoms with E-state index in [0.29, 0.717) is 33.8 Å². The Morgan fingerprint density at radius 2 is 1.96 bits per heavy atom. The molecule has 2 aromatic carbocycles. The molecule has 5 rings (SSSR count). The van der Waals surface area contributed by atoms with Crippen molar-refractivity contribution in [3.63, 3.8) is 0 Å². The number of rotatable bonds is 4. The number of benzene rings is 2. The lowest BCUT2D eigenvalue weighted by Gasteiger charge is -2.06. The molecule has 0 unspecified atom stereocenters. The molecule has 3 heterocycles. The van der Waals surface area contributed by atoms with Crippen LogP contribution in [0.4, 0.5) is 16.6 Å². The van der Waals surface area contributed by atoms with Crippen molar-refractivity contribution in [2.75, 3.05) is 17.4 Å². The minimum absolute atomic E-state index is 0.191. The molecule has 8 heteroatoms. The van der Waals surface area contributed by atoms with Gasteiger partial charge in [-0.05, 0) is 23.6 Å². The standard InChI is InChI=1S/C20H14N4O3S/c25-19(22-13-5-6-16-17(9-13)27-11-26-16)15-10-28-20(23-15)24-18-14-4-2-1-3-12(14)7-8-21-18/h1-10H,11H2,(H,22,25)(H,21,23,24). The van der Waals surface area contributed by atoms with Gasteiger partial charge in [-0.1, -0.05) is 24.3 Å². The Labute approximate surface area is 164 Å². The average Bonchev–Trinajstić information content (AvgIpc) is 3.37. The number of hydrogen-bond donors (Lipinski definition) is 2. The minimum Gasteiger partial charge on any atom is -0.454 e. The van der Waals surface area contributed by atoms with E-state index in [1.807, 2.05) is 30.3 Å². The molecule has 0 saturated carbocycles. The van der Waals surface area contributed by atoms with Crippen LogP contribution in [0.3, 0.4) is 0 Å². The van der Waals surface area contributed by atoms with Crippen LogP contribution in [0.25, 0.3) is 10.8 Å². The number of carbonyl (C=O) groups excluding carboxylic acids is 1. The zero-order chi connectivity index (χ0) is 18.9.